The topological polar surface area (TPSA) is 32.3 Å². The average Bonchev–Trinajstić information content (AvgIpc) is 2.57. The Labute approximate surface area is 125 Å². The van der Waals surface area contributed by atoms with Crippen molar-refractivity contribution in [2.75, 3.05) is 0 Å². The molecule has 2 N–H and O–H groups in total. The fraction of sp³-hybridized carbons (Fsp3) is 0.294. The van der Waals surface area contributed by atoms with Crippen LogP contribution in [0.2, 0.25) is 0 Å². The second kappa shape index (κ2) is 4.51. The molecule has 0 spiro atoms. The fourth-order valence-corrected chi connectivity index (χ4v) is 3.73. The zero-order valence-electron chi connectivity index (χ0n) is 11.4. The zero-order valence-corrected chi connectivity index (χ0v) is 12.2. The van der Waals surface area contributed by atoms with Crippen molar-refractivity contribution in [2.45, 2.75) is 31.3 Å². The lowest BCUT2D eigenvalue weighted by molar-refractivity contribution is 0.368. The molecule has 0 amide bonds. The normalized spacial score (nSPS) is 26.1. The van der Waals surface area contributed by atoms with E-state index in [-0.39, 0.29) is 17.9 Å². The minimum Gasteiger partial charge on any atom is -0.508 e. The second-order valence-corrected chi connectivity index (χ2v) is 5.95. The van der Waals surface area contributed by atoms with Gasteiger partial charge in [0.15, 0.2) is 0 Å². The lowest BCUT2D eigenvalue weighted by Crippen LogP contribution is -2.36. The van der Waals surface area contributed by atoms with Crippen LogP contribution in [-0.4, -0.2) is 5.11 Å². The Morgan fingerprint density at radius 3 is 2.80 bits per heavy atom. The van der Waals surface area contributed by atoms with Gasteiger partial charge in [-0.25, -0.2) is 0 Å². The highest BCUT2D eigenvalue weighted by Gasteiger charge is 2.41. The molecule has 3 heteroatoms. The van der Waals surface area contributed by atoms with E-state index in [1.807, 2.05) is 6.07 Å². The Morgan fingerprint density at radius 1 is 1.15 bits per heavy atom. The summed E-state index contributed by atoms with van der Waals surface area (Å²) >= 11 is 0. The molecular weight excluding hydrogens is 270 g/mol. The predicted molar refractivity (Wildman–Crippen MR) is 82.4 cm³/mol. The molecule has 0 saturated carbocycles. The molecule has 20 heavy (non-hydrogen) atoms. The summed E-state index contributed by atoms with van der Waals surface area (Å²) in [6.07, 6.45) is 1.94. The van der Waals surface area contributed by atoms with Crippen molar-refractivity contribution < 1.29 is 5.11 Å². The van der Waals surface area contributed by atoms with Crippen LogP contribution in [0.15, 0.2) is 42.5 Å². The molecule has 2 unspecified atom stereocenters. The van der Waals surface area contributed by atoms with Gasteiger partial charge in [0, 0.05) is 11.6 Å². The van der Waals surface area contributed by atoms with Gasteiger partial charge in [0.1, 0.15) is 5.75 Å². The molecule has 2 nitrogen and oxygen atoms in total. The first-order valence-electron chi connectivity index (χ1n) is 6.84. The van der Waals surface area contributed by atoms with Gasteiger partial charge in [-0.3, -0.25) is 0 Å². The molecule has 4 rings (SSSR count). The van der Waals surface area contributed by atoms with Crippen LogP contribution in [0.3, 0.4) is 0 Å². The number of phenolic OH excluding ortho intramolecular Hbond substituents is 1. The minimum atomic E-state index is 0. The smallest absolute Gasteiger partial charge is 0.115 e. The Bertz CT molecular complexity index is 670. The van der Waals surface area contributed by atoms with Gasteiger partial charge in [-0.05, 0) is 54.2 Å². The molecule has 2 bridgehead atoms. The number of halogens is 1. The van der Waals surface area contributed by atoms with Crippen molar-refractivity contribution >= 4 is 12.4 Å². The van der Waals surface area contributed by atoms with Crippen LogP contribution >= 0.6 is 12.4 Å². The molecule has 104 valence electrons. The molecule has 2 aromatic carbocycles. The number of aromatic hydroxyl groups is 1. The van der Waals surface area contributed by atoms with E-state index in [0.29, 0.717) is 11.8 Å². The van der Waals surface area contributed by atoms with Crippen LogP contribution in [0, 0.1) is 0 Å². The van der Waals surface area contributed by atoms with Gasteiger partial charge in [-0.2, -0.15) is 0 Å². The molecule has 0 radical (unpaired) electrons. The summed E-state index contributed by atoms with van der Waals surface area (Å²) < 4.78 is 0. The number of benzene rings is 2. The van der Waals surface area contributed by atoms with Crippen molar-refractivity contribution in [3.8, 4) is 5.75 Å². The molecule has 2 atom stereocenters. The minimum absolute atomic E-state index is 0. The van der Waals surface area contributed by atoms with Crippen LogP contribution in [0.1, 0.15) is 35.2 Å². The van der Waals surface area contributed by atoms with Crippen LogP contribution in [0.25, 0.3) is 0 Å². The van der Waals surface area contributed by atoms with Crippen LogP contribution in [0.5, 0.6) is 5.75 Å². The van der Waals surface area contributed by atoms with Gasteiger partial charge in [-0.1, -0.05) is 30.3 Å². The van der Waals surface area contributed by atoms with Gasteiger partial charge in [0.25, 0.3) is 0 Å². The largest absolute Gasteiger partial charge is 0.508 e. The van der Waals surface area contributed by atoms with Gasteiger partial charge in [0.2, 0.25) is 0 Å². The van der Waals surface area contributed by atoms with E-state index >= 15 is 0 Å². The van der Waals surface area contributed by atoms with Crippen molar-refractivity contribution in [3.05, 3.63) is 64.7 Å². The summed E-state index contributed by atoms with van der Waals surface area (Å²) in [6.45, 7) is 2.29. The van der Waals surface area contributed by atoms with E-state index in [1.54, 1.807) is 6.07 Å². The van der Waals surface area contributed by atoms with Gasteiger partial charge in [-0.15, -0.1) is 12.4 Å². The SMILES string of the molecule is CC12Cc3ccc(O)cc3CC(N1)c1ccccc12.Cl. The zero-order chi connectivity index (χ0) is 13.0. The van der Waals surface area contributed by atoms with E-state index in [4.69, 9.17) is 0 Å². The van der Waals surface area contributed by atoms with E-state index in [2.05, 4.69) is 42.6 Å². The average molecular weight is 288 g/mol. The van der Waals surface area contributed by atoms with E-state index in [0.717, 1.165) is 12.8 Å². The third-order valence-electron chi connectivity index (χ3n) is 4.58. The predicted octanol–water partition coefficient (Wildman–Crippen LogP) is 3.47. The molecule has 0 saturated heterocycles. The number of hydrogen-bond acceptors (Lipinski definition) is 2. The first-order valence-corrected chi connectivity index (χ1v) is 6.84. The summed E-state index contributed by atoms with van der Waals surface area (Å²) in [7, 11) is 0. The number of phenols is 1. The van der Waals surface area contributed by atoms with E-state index < -0.39 is 0 Å². The van der Waals surface area contributed by atoms with Gasteiger partial charge in [0.05, 0.1) is 0 Å². The molecule has 2 aromatic rings. The summed E-state index contributed by atoms with van der Waals surface area (Å²) in [5, 5.41) is 13.5. The number of hydrogen-bond donors (Lipinski definition) is 2. The van der Waals surface area contributed by atoms with Crippen molar-refractivity contribution in [1.29, 1.82) is 0 Å². The number of rotatable bonds is 0. The summed E-state index contributed by atoms with van der Waals surface area (Å²) in [4.78, 5) is 0. The van der Waals surface area contributed by atoms with Crippen molar-refractivity contribution in [2.24, 2.45) is 0 Å². The maximum absolute atomic E-state index is 9.69. The summed E-state index contributed by atoms with van der Waals surface area (Å²) in [5.41, 5.74) is 5.49. The molecule has 2 heterocycles. The lowest BCUT2D eigenvalue weighted by atomic mass is 9.82. The van der Waals surface area contributed by atoms with Crippen molar-refractivity contribution in [1.82, 2.24) is 5.32 Å². The molecule has 0 aromatic heterocycles. The maximum Gasteiger partial charge on any atom is 0.115 e. The van der Waals surface area contributed by atoms with E-state index in [1.165, 1.54) is 22.3 Å². The molecular formula is C17H18ClNO. The molecule has 2 aliphatic rings. The standard InChI is InChI=1S/C17H17NO.ClH/c1-17-10-11-6-7-13(19)8-12(11)9-16(18-17)14-4-2-3-5-15(14)17;/h2-8,16,18-19H,9-10H2,1H3;1H. The molecule has 2 aliphatic heterocycles. The first kappa shape index (κ1) is 13.5. The Kier molecular flexibility index (Phi) is 3.03. The number of nitrogens with one attached hydrogen (secondary N) is 1. The third-order valence-corrected chi connectivity index (χ3v) is 4.58. The van der Waals surface area contributed by atoms with Crippen LogP contribution < -0.4 is 5.32 Å². The van der Waals surface area contributed by atoms with Gasteiger partial charge >= 0.3 is 0 Å². The summed E-state index contributed by atoms with van der Waals surface area (Å²) in [5.74, 6) is 0.370. The Morgan fingerprint density at radius 2 is 1.95 bits per heavy atom. The monoisotopic (exact) mass is 287 g/mol. The highest BCUT2D eigenvalue weighted by Crippen LogP contribution is 2.44. The summed E-state index contributed by atoms with van der Waals surface area (Å²) in [6, 6.07) is 14.9. The second-order valence-electron chi connectivity index (χ2n) is 5.95. The Hall–Kier alpha value is -1.51. The number of fused-ring (bicyclic) bond motifs is 6. The quantitative estimate of drug-likeness (QED) is 0.778. The fourth-order valence-electron chi connectivity index (χ4n) is 3.73. The van der Waals surface area contributed by atoms with Gasteiger partial charge < -0.3 is 10.4 Å². The molecule has 0 fully saturated rings. The highest BCUT2D eigenvalue weighted by molar-refractivity contribution is 5.85. The van der Waals surface area contributed by atoms with Crippen LogP contribution in [0.4, 0.5) is 0 Å². The Balaban J connectivity index is 0.00000121. The lowest BCUT2D eigenvalue weighted by Gasteiger charge is -2.26. The third kappa shape index (κ3) is 1.83. The van der Waals surface area contributed by atoms with Crippen LogP contribution in [-0.2, 0) is 18.4 Å². The van der Waals surface area contributed by atoms with Crippen molar-refractivity contribution in [3.63, 3.8) is 0 Å². The maximum atomic E-state index is 9.69. The molecule has 0 aliphatic carbocycles. The first-order chi connectivity index (χ1) is 9.16. The highest BCUT2D eigenvalue weighted by atomic mass is 35.5. The van der Waals surface area contributed by atoms with E-state index in [9.17, 15) is 5.11 Å².